The molecule has 0 spiro atoms. The van der Waals surface area contributed by atoms with Crippen molar-refractivity contribution in [1.29, 1.82) is 5.26 Å². The number of carbonyl (C=O) groups excluding carboxylic acids is 2. The third kappa shape index (κ3) is 6.22. The van der Waals surface area contributed by atoms with Gasteiger partial charge in [-0.1, -0.05) is 6.07 Å². The first-order valence-corrected chi connectivity index (χ1v) is 9.86. The summed E-state index contributed by atoms with van der Waals surface area (Å²) in [5.74, 6) is 1.06. The van der Waals surface area contributed by atoms with Crippen molar-refractivity contribution in [2.24, 2.45) is 0 Å². The van der Waals surface area contributed by atoms with E-state index in [1.165, 1.54) is 12.0 Å². The van der Waals surface area contributed by atoms with Crippen molar-refractivity contribution in [2.45, 2.75) is 18.9 Å². The van der Waals surface area contributed by atoms with Crippen molar-refractivity contribution in [3.63, 3.8) is 0 Å². The molecule has 154 valence electrons. The summed E-state index contributed by atoms with van der Waals surface area (Å²) >= 11 is 0. The van der Waals surface area contributed by atoms with E-state index in [0.29, 0.717) is 37.2 Å². The van der Waals surface area contributed by atoms with Crippen LogP contribution in [-0.4, -0.2) is 69.2 Å². The van der Waals surface area contributed by atoms with Crippen LogP contribution in [0.2, 0.25) is 0 Å². The lowest BCUT2D eigenvalue weighted by Gasteiger charge is -2.31. The van der Waals surface area contributed by atoms with Crippen LogP contribution in [0.5, 0.6) is 11.5 Å². The predicted molar refractivity (Wildman–Crippen MR) is 106 cm³/mol. The van der Waals surface area contributed by atoms with Gasteiger partial charge in [-0.25, -0.2) is 0 Å². The van der Waals surface area contributed by atoms with Crippen LogP contribution in [0, 0.1) is 11.3 Å². The van der Waals surface area contributed by atoms with Crippen LogP contribution in [-0.2, 0) is 9.59 Å². The Morgan fingerprint density at radius 3 is 2.72 bits per heavy atom. The third-order valence-corrected chi connectivity index (χ3v) is 5.03. The Bertz CT molecular complexity index is 805. The first-order valence-electron chi connectivity index (χ1n) is 9.86. The minimum absolute atomic E-state index is 0.0461. The van der Waals surface area contributed by atoms with Gasteiger partial charge in [-0.05, 0) is 36.6 Å². The average Bonchev–Trinajstić information content (AvgIpc) is 3.55. The highest BCUT2D eigenvalue weighted by molar-refractivity contribution is 5.92. The molecule has 2 N–H and O–H groups in total. The number of amides is 2. The number of nitriles is 1. The molecule has 29 heavy (non-hydrogen) atoms. The van der Waals surface area contributed by atoms with Gasteiger partial charge in [0.25, 0.3) is 5.91 Å². The fourth-order valence-corrected chi connectivity index (χ4v) is 3.24. The molecular weight excluding hydrogens is 372 g/mol. The first-order chi connectivity index (χ1) is 14.1. The van der Waals surface area contributed by atoms with Crippen molar-refractivity contribution in [1.82, 2.24) is 10.2 Å². The highest BCUT2D eigenvalue weighted by atomic mass is 16.5. The summed E-state index contributed by atoms with van der Waals surface area (Å²) in [5, 5.41) is 11.6. The number of piperazine rings is 1. The fraction of sp³-hybridized carbons (Fsp3) is 0.476. The maximum absolute atomic E-state index is 12.5. The van der Waals surface area contributed by atoms with Crippen molar-refractivity contribution in [3.8, 4) is 17.6 Å². The number of carbonyl (C=O) groups is 2. The minimum Gasteiger partial charge on any atom is -0.493 e. The maximum Gasteiger partial charge on any atom is 0.275 e. The second kappa shape index (κ2) is 9.94. The smallest absolute Gasteiger partial charge is 0.275 e. The fourth-order valence-electron chi connectivity index (χ4n) is 3.24. The number of rotatable bonds is 8. The van der Waals surface area contributed by atoms with Crippen molar-refractivity contribution in [3.05, 3.63) is 29.8 Å². The average molecular weight is 399 g/mol. The lowest BCUT2D eigenvalue weighted by molar-refractivity contribution is -0.896. The van der Waals surface area contributed by atoms with E-state index in [4.69, 9.17) is 14.7 Å². The summed E-state index contributed by atoms with van der Waals surface area (Å²) in [5.41, 5.74) is 0.806. The van der Waals surface area contributed by atoms with Crippen LogP contribution in [0.4, 0.5) is 0 Å². The standard InChI is InChI=1S/C21H26N4O4/c1-28-19-14-16(2-6-18(19)29-13-8-22)3-7-21(27)25-11-9-24(10-12-25)15-20(26)23-17-4-5-17/h2-3,6-7,14,17H,4-5,9-13,15H2,1H3,(H,23,26)/p+1/b7-3+. The van der Waals surface area contributed by atoms with Crippen LogP contribution in [0.25, 0.3) is 6.08 Å². The molecule has 0 radical (unpaired) electrons. The zero-order valence-corrected chi connectivity index (χ0v) is 16.6. The van der Waals surface area contributed by atoms with Crippen LogP contribution < -0.4 is 19.7 Å². The summed E-state index contributed by atoms with van der Waals surface area (Å²) in [6, 6.07) is 7.59. The lowest BCUT2D eigenvalue weighted by Crippen LogP contribution is -3.15. The zero-order valence-electron chi connectivity index (χ0n) is 16.6. The van der Waals surface area contributed by atoms with E-state index in [2.05, 4.69) is 5.32 Å². The van der Waals surface area contributed by atoms with Gasteiger partial charge in [0, 0.05) is 12.1 Å². The number of ether oxygens (including phenoxy) is 2. The number of quaternary nitrogens is 1. The molecule has 2 fully saturated rings. The SMILES string of the molecule is COc1cc(/C=C/C(=O)N2CC[NH+](CC(=O)NC3CC3)CC2)ccc1OCC#N. The number of nitrogens with zero attached hydrogens (tertiary/aromatic N) is 2. The van der Waals surface area contributed by atoms with Crippen LogP contribution in [0.15, 0.2) is 24.3 Å². The third-order valence-electron chi connectivity index (χ3n) is 5.03. The Morgan fingerprint density at radius 1 is 1.31 bits per heavy atom. The van der Waals surface area contributed by atoms with E-state index in [1.807, 2.05) is 6.07 Å². The highest BCUT2D eigenvalue weighted by Crippen LogP contribution is 2.28. The Balaban J connectivity index is 1.48. The molecule has 2 aliphatic rings. The Hall–Kier alpha value is -3.05. The topological polar surface area (TPSA) is 96.1 Å². The van der Waals surface area contributed by atoms with Gasteiger partial charge in [-0.3, -0.25) is 9.59 Å². The van der Waals surface area contributed by atoms with Gasteiger partial charge in [0.2, 0.25) is 5.91 Å². The van der Waals surface area contributed by atoms with E-state index in [-0.39, 0.29) is 18.4 Å². The Kier molecular flexibility index (Phi) is 7.09. The van der Waals surface area contributed by atoms with Gasteiger partial charge in [-0.15, -0.1) is 0 Å². The number of hydrogen-bond donors (Lipinski definition) is 2. The van der Waals surface area contributed by atoms with E-state index < -0.39 is 0 Å². The molecule has 0 atom stereocenters. The first kappa shape index (κ1) is 20.7. The number of nitrogens with one attached hydrogen (secondary N) is 2. The molecule has 0 bridgehead atoms. The van der Waals surface area contributed by atoms with E-state index in [1.54, 1.807) is 35.3 Å². The molecule has 1 aromatic carbocycles. The molecule has 1 aliphatic carbocycles. The number of benzene rings is 1. The summed E-state index contributed by atoms with van der Waals surface area (Å²) in [6.07, 6.45) is 5.48. The van der Waals surface area contributed by atoms with Gasteiger partial charge in [-0.2, -0.15) is 5.26 Å². The zero-order chi connectivity index (χ0) is 20.6. The van der Waals surface area contributed by atoms with Gasteiger partial charge < -0.3 is 24.6 Å². The minimum atomic E-state index is -0.0553. The number of methoxy groups -OCH3 is 1. The number of hydrogen-bond acceptors (Lipinski definition) is 5. The second-order valence-corrected chi connectivity index (χ2v) is 7.28. The molecule has 1 aromatic rings. The molecule has 2 amide bonds. The summed E-state index contributed by atoms with van der Waals surface area (Å²) in [4.78, 5) is 27.4. The van der Waals surface area contributed by atoms with E-state index in [9.17, 15) is 9.59 Å². The van der Waals surface area contributed by atoms with Crippen LogP contribution in [0.3, 0.4) is 0 Å². The summed E-state index contributed by atoms with van der Waals surface area (Å²) in [6.45, 7) is 3.25. The van der Waals surface area contributed by atoms with Gasteiger partial charge in [0.15, 0.2) is 24.7 Å². The van der Waals surface area contributed by atoms with Gasteiger partial charge >= 0.3 is 0 Å². The Labute approximate surface area is 170 Å². The maximum atomic E-state index is 12.5. The molecule has 1 saturated heterocycles. The molecule has 1 saturated carbocycles. The van der Waals surface area contributed by atoms with Crippen LogP contribution >= 0.6 is 0 Å². The van der Waals surface area contributed by atoms with Crippen molar-refractivity contribution < 1.29 is 24.0 Å². The molecule has 8 heteroatoms. The molecular formula is C21H27N4O4+. The monoisotopic (exact) mass is 399 g/mol. The lowest BCUT2D eigenvalue weighted by atomic mass is 10.2. The van der Waals surface area contributed by atoms with Gasteiger partial charge in [0.05, 0.1) is 33.3 Å². The molecule has 8 nitrogen and oxygen atoms in total. The van der Waals surface area contributed by atoms with Crippen molar-refractivity contribution in [2.75, 3.05) is 46.4 Å². The largest absolute Gasteiger partial charge is 0.493 e. The highest BCUT2D eigenvalue weighted by Gasteiger charge is 2.27. The van der Waals surface area contributed by atoms with E-state index >= 15 is 0 Å². The molecule has 3 rings (SSSR count). The summed E-state index contributed by atoms with van der Waals surface area (Å²) in [7, 11) is 1.53. The molecule has 1 aliphatic heterocycles. The van der Waals surface area contributed by atoms with Gasteiger partial charge in [0.1, 0.15) is 6.07 Å². The normalized spacial score (nSPS) is 17.0. The molecule has 0 aromatic heterocycles. The quantitative estimate of drug-likeness (QED) is 0.581. The van der Waals surface area contributed by atoms with Crippen molar-refractivity contribution >= 4 is 17.9 Å². The van der Waals surface area contributed by atoms with Crippen LogP contribution in [0.1, 0.15) is 18.4 Å². The predicted octanol–water partition coefficient (Wildman–Crippen LogP) is -0.384. The second-order valence-electron chi connectivity index (χ2n) is 7.28. The Morgan fingerprint density at radius 2 is 2.07 bits per heavy atom. The van der Waals surface area contributed by atoms with E-state index in [0.717, 1.165) is 31.5 Å². The summed E-state index contributed by atoms with van der Waals surface area (Å²) < 4.78 is 10.6. The molecule has 0 unspecified atom stereocenters. The molecule has 1 heterocycles.